The number of pyridine rings is 1. The molecule has 1 unspecified atom stereocenters. The maximum Gasteiger partial charge on any atom is 0.193 e. The molecule has 0 aliphatic carbocycles. The van der Waals surface area contributed by atoms with Crippen LogP contribution in [0.15, 0.2) is 47.6 Å². The van der Waals surface area contributed by atoms with Crippen molar-refractivity contribution >= 4 is 35.6 Å². The van der Waals surface area contributed by atoms with E-state index in [0.29, 0.717) is 24.1 Å². The summed E-state index contributed by atoms with van der Waals surface area (Å²) >= 11 is 0. The summed E-state index contributed by atoms with van der Waals surface area (Å²) in [5.74, 6) is 0.493. The average Bonchev–Trinajstić information content (AvgIpc) is 2.54. The Morgan fingerprint density at radius 1 is 1.26 bits per heavy atom. The van der Waals surface area contributed by atoms with Gasteiger partial charge in [0, 0.05) is 5.69 Å². The van der Waals surface area contributed by atoms with Crippen LogP contribution in [0.3, 0.4) is 0 Å². The van der Waals surface area contributed by atoms with Crippen LogP contribution in [0.1, 0.15) is 37.4 Å². The summed E-state index contributed by atoms with van der Waals surface area (Å²) in [4.78, 5) is 8.12. The van der Waals surface area contributed by atoms with Crippen molar-refractivity contribution in [2.45, 2.75) is 32.7 Å². The first-order valence-electron chi connectivity index (χ1n) is 7.35. The second-order valence-corrected chi connectivity index (χ2v) is 5.23. The number of halogens is 2. The second-order valence-electron chi connectivity index (χ2n) is 5.23. The van der Waals surface area contributed by atoms with E-state index in [2.05, 4.69) is 41.3 Å². The van der Waals surface area contributed by atoms with Gasteiger partial charge in [0.1, 0.15) is 5.82 Å². The Hall–Kier alpha value is -1.70. The molecule has 1 aromatic carbocycles. The number of benzene rings is 1. The number of guanidine groups is 1. The molecule has 23 heavy (non-hydrogen) atoms. The molecule has 0 fully saturated rings. The van der Waals surface area contributed by atoms with Crippen LogP contribution in [0.2, 0.25) is 0 Å². The van der Waals surface area contributed by atoms with Crippen LogP contribution in [0.25, 0.3) is 0 Å². The number of hydrogen-bond acceptors (Lipinski definition) is 2. The Balaban J connectivity index is 0.00000264. The molecule has 1 heterocycles. The molecule has 1 atom stereocenters. The topological polar surface area (TPSA) is 63.3 Å². The van der Waals surface area contributed by atoms with Crippen molar-refractivity contribution in [1.82, 2.24) is 4.98 Å². The number of nitrogens with zero attached hydrogens (tertiary/aromatic N) is 2. The van der Waals surface area contributed by atoms with Crippen LogP contribution in [-0.2, 0) is 6.54 Å². The first-order chi connectivity index (χ1) is 10.6. The van der Waals surface area contributed by atoms with E-state index in [0.717, 1.165) is 12.1 Å². The molecule has 1 aromatic heterocycles. The molecule has 0 bridgehead atoms. The molecule has 0 saturated heterocycles. The molecule has 124 valence electrons. The monoisotopic (exact) mass is 428 g/mol. The van der Waals surface area contributed by atoms with Gasteiger partial charge in [-0.2, -0.15) is 0 Å². The Kier molecular flexibility index (Phi) is 7.94. The Bertz CT molecular complexity index is 626. The number of anilines is 1. The Labute approximate surface area is 153 Å². The molecule has 0 aliphatic heterocycles. The lowest BCUT2D eigenvalue weighted by Gasteiger charge is -2.10. The quantitative estimate of drug-likeness (QED) is 0.425. The van der Waals surface area contributed by atoms with Crippen molar-refractivity contribution in [2.24, 2.45) is 10.7 Å². The molecule has 2 aromatic rings. The molecule has 0 aliphatic rings. The van der Waals surface area contributed by atoms with Gasteiger partial charge in [-0.15, -0.1) is 24.0 Å². The van der Waals surface area contributed by atoms with Crippen molar-refractivity contribution < 1.29 is 4.39 Å². The molecule has 0 radical (unpaired) electrons. The molecule has 0 spiro atoms. The zero-order valence-electron chi connectivity index (χ0n) is 13.3. The predicted molar refractivity (Wildman–Crippen MR) is 104 cm³/mol. The summed E-state index contributed by atoms with van der Waals surface area (Å²) in [6, 6.07) is 11.1. The Morgan fingerprint density at radius 2 is 1.96 bits per heavy atom. The molecule has 0 saturated carbocycles. The summed E-state index contributed by atoms with van der Waals surface area (Å²) in [7, 11) is 0. The zero-order chi connectivity index (χ0) is 15.9. The lowest BCUT2D eigenvalue weighted by molar-refractivity contribution is 0.619. The fraction of sp³-hybridized carbons (Fsp3) is 0.294. The third-order valence-corrected chi connectivity index (χ3v) is 3.56. The first-order valence-corrected chi connectivity index (χ1v) is 7.35. The van der Waals surface area contributed by atoms with Crippen molar-refractivity contribution in [3.8, 4) is 0 Å². The molecule has 3 N–H and O–H groups in total. The van der Waals surface area contributed by atoms with Crippen LogP contribution < -0.4 is 11.1 Å². The molecule has 6 heteroatoms. The van der Waals surface area contributed by atoms with Crippen LogP contribution in [0, 0.1) is 5.82 Å². The maximum absolute atomic E-state index is 12.8. The fourth-order valence-electron chi connectivity index (χ4n) is 1.98. The standard InChI is InChI=1S/C17H21FN4.HI/c1-3-12(2)13-4-7-15(8-5-13)22-17(19)21-11-16-9-6-14(18)10-20-16;/h4-10,12H,3,11H2,1-2H3,(H3,19,21,22);1H. The number of nitrogens with one attached hydrogen (secondary N) is 1. The number of hydrogen-bond donors (Lipinski definition) is 2. The Morgan fingerprint density at radius 3 is 2.52 bits per heavy atom. The van der Waals surface area contributed by atoms with Gasteiger partial charge in [-0.25, -0.2) is 9.38 Å². The second kappa shape index (κ2) is 9.44. The largest absolute Gasteiger partial charge is 0.370 e. The van der Waals surface area contributed by atoms with E-state index >= 15 is 0 Å². The van der Waals surface area contributed by atoms with Gasteiger partial charge < -0.3 is 11.1 Å². The molecular weight excluding hydrogens is 406 g/mol. The lowest BCUT2D eigenvalue weighted by atomic mass is 9.99. The van der Waals surface area contributed by atoms with E-state index in [9.17, 15) is 4.39 Å². The highest BCUT2D eigenvalue weighted by Gasteiger charge is 2.03. The van der Waals surface area contributed by atoms with Gasteiger partial charge in [0.15, 0.2) is 5.96 Å². The number of aliphatic imine (C=N–C) groups is 1. The van der Waals surface area contributed by atoms with E-state index in [4.69, 9.17) is 5.73 Å². The maximum atomic E-state index is 12.8. The van der Waals surface area contributed by atoms with E-state index in [1.54, 1.807) is 6.07 Å². The third-order valence-electron chi connectivity index (χ3n) is 3.56. The highest BCUT2D eigenvalue weighted by Crippen LogP contribution is 2.20. The molecule has 0 amide bonds. The van der Waals surface area contributed by atoms with Gasteiger partial charge in [0.25, 0.3) is 0 Å². The minimum Gasteiger partial charge on any atom is -0.370 e. The SMILES string of the molecule is CCC(C)c1ccc(NC(N)=NCc2ccc(F)cn2)cc1.I. The average molecular weight is 428 g/mol. The van der Waals surface area contributed by atoms with Crippen LogP contribution >= 0.6 is 24.0 Å². The summed E-state index contributed by atoms with van der Waals surface area (Å²) < 4.78 is 12.8. The smallest absolute Gasteiger partial charge is 0.193 e. The number of rotatable bonds is 5. The van der Waals surface area contributed by atoms with E-state index < -0.39 is 0 Å². The van der Waals surface area contributed by atoms with Crippen LogP contribution in [-0.4, -0.2) is 10.9 Å². The minimum absolute atomic E-state index is 0. The normalized spacial score (nSPS) is 12.4. The van der Waals surface area contributed by atoms with Gasteiger partial charge in [-0.1, -0.05) is 26.0 Å². The molecular formula is C17H22FIN4. The zero-order valence-corrected chi connectivity index (χ0v) is 15.6. The first kappa shape index (κ1) is 19.3. The van der Waals surface area contributed by atoms with E-state index in [1.165, 1.54) is 17.8 Å². The third kappa shape index (κ3) is 6.13. The van der Waals surface area contributed by atoms with Gasteiger partial charge in [0.05, 0.1) is 18.4 Å². The lowest BCUT2D eigenvalue weighted by Crippen LogP contribution is -2.22. The number of nitrogens with two attached hydrogens (primary N) is 1. The molecule has 2 rings (SSSR count). The van der Waals surface area contributed by atoms with Crippen molar-refractivity contribution in [3.05, 3.63) is 59.7 Å². The van der Waals surface area contributed by atoms with E-state index in [1.807, 2.05) is 12.1 Å². The van der Waals surface area contributed by atoms with Crippen molar-refractivity contribution in [1.29, 1.82) is 0 Å². The van der Waals surface area contributed by atoms with Gasteiger partial charge in [-0.05, 0) is 42.2 Å². The van der Waals surface area contributed by atoms with Gasteiger partial charge in [0.2, 0.25) is 0 Å². The highest BCUT2D eigenvalue weighted by molar-refractivity contribution is 14.0. The minimum atomic E-state index is -0.361. The van der Waals surface area contributed by atoms with Crippen molar-refractivity contribution in [3.63, 3.8) is 0 Å². The van der Waals surface area contributed by atoms with Gasteiger partial charge >= 0.3 is 0 Å². The van der Waals surface area contributed by atoms with Gasteiger partial charge in [-0.3, -0.25) is 4.98 Å². The summed E-state index contributed by atoms with van der Waals surface area (Å²) in [5, 5.41) is 3.03. The van der Waals surface area contributed by atoms with Crippen molar-refractivity contribution in [2.75, 3.05) is 5.32 Å². The summed E-state index contributed by atoms with van der Waals surface area (Å²) in [6.07, 6.45) is 2.28. The number of aromatic nitrogens is 1. The van der Waals surface area contributed by atoms with Crippen LogP contribution in [0.5, 0.6) is 0 Å². The van der Waals surface area contributed by atoms with Crippen LogP contribution in [0.4, 0.5) is 10.1 Å². The highest BCUT2D eigenvalue weighted by atomic mass is 127. The van der Waals surface area contributed by atoms with E-state index in [-0.39, 0.29) is 29.8 Å². The molecule has 4 nitrogen and oxygen atoms in total. The fourth-order valence-corrected chi connectivity index (χ4v) is 1.98. The summed E-state index contributed by atoms with van der Waals surface area (Å²) in [6.45, 7) is 4.68. The predicted octanol–water partition coefficient (Wildman–Crippen LogP) is 4.28. The summed E-state index contributed by atoms with van der Waals surface area (Å²) in [5.41, 5.74) is 8.70.